The lowest BCUT2D eigenvalue weighted by Gasteiger charge is -2.36. The average Bonchev–Trinajstić information content (AvgIpc) is 3.77. The van der Waals surface area contributed by atoms with Gasteiger partial charge in [-0.2, -0.15) is 0 Å². The molecule has 0 N–H and O–H groups in total. The van der Waals surface area contributed by atoms with Crippen molar-refractivity contribution in [2.45, 2.75) is 82.8 Å². The molecule has 53 heavy (non-hydrogen) atoms. The summed E-state index contributed by atoms with van der Waals surface area (Å²) in [6.45, 7) is 9.65. The van der Waals surface area contributed by atoms with E-state index in [1.807, 2.05) is 65.6 Å². The summed E-state index contributed by atoms with van der Waals surface area (Å²) in [6, 6.07) is 22.7. The molecule has 0 saturated carbocycles. The fourth-order valence-electron chi connectivity index (χ4n) is 7.55. The average molecular weight is 726 g/mol. The molecule has 13 heteroatoms. The highest BCUT2D eigenvalue weighted by atomic mass is 16.8. The summed E-state index contributed by atoms with van der Waals surface area (Å²) in [7, 11) is 0. The smallest absolute Gasteiger partial charge is 0.311 e. The lowest BCUT2D eigenvalue weighted by atomic mass is 10.0. The Morgan fingerprint density at radius 2 is 1.45 bits per heavy atom. The molecule has 0 radical (unpaired) electrons. The van der Waals surface area contributed by atoms with Gasteiger partial charge in [-0.25, -0.2) is 4.98 Å². The van der Waals surface area contributed by atoms with Gasteiger partial charge in [0, 0.05) is 48.7 Å². The van der Waals surface area contributed by atoms with Crippen molar-refractivity contribution >= 4 is 45.3 Å². The molecule has 0 spiro atoms. The number of aromatic nitrogens is 1. The van der Waals surface area contributed by atoms with Gasteiger partial charge in [-0.3, -0.25) is 14.4 Å². The standard InChI is InChI=1S/C40H43N3O10/c1-39(2)47-23-30(51-39)34-35(36-38(50-34)53-40(3,4)52-36)49-32(45)17-16-31(44)48-25-11-9-10-24(22-25)42-18-20-43(21-19-42)37(46)33-26-12-5-7-14-28(26)41-29-15-8-6-13-27(29)33/h5-15,22,30,34-36,38H,16-21,23H2,1-4H3. The molecule has 4 aliphatic rings. The summed E-state index contributed by atoms with van der Waals surface area (Å²) in [4.78, 5) is 48.7. The Morgan fingerprint density at radius 1 is 0.774 bits per heavy atom. The predicted molar refractivity (Wildman–Crippen MR) is 192 cm³/mol. The molecule has 3 aromatic carbocycles. The van der Waals surface area contributed by atoms with Crippen LogP contribution >= 0.6 is 0 Å². The van der Waals surface area contributed by atoms with Gasteiger partial charge in [0.2, 0.25) is 0 Å². The summed E-state index contributed by atoms with van der Waals surface area (Å²) in [5.74, 6) is -2.54. The van der Waals surface area contributed by atoms with Crippen molar-refractivity contribution in [3.8, 4) is 5.75 Å². The summed E-state index contributed by atoms with van der Waals surface area (Å²) in [5, 5.41) is 1.68. The predicted octanol–water partition coefficient (Wildman–Crippen LogP) is 4.98. The van der Waals surface area contributed by atoms with Crippen molar-refractivity contribution in [2.75, 3.05) is 37.7 Å². The number of amides is 1. The number of piperazine rings is 1. The molecule has 4 saturated heterocycles. The van der Waals surface area contributed by atoms with Gasteiger partial charge in [-0.15, -0.1) is 0 Å². The largest absolute Gasteiger partial charge is 0.456 e. The fraction of sp³-hybridized carbons (Fsp3) is 0.450. The summed E-state index contributed by atoms with van der Waals surface area (Å²) < 4.78 is 41.2. The second kappa shape index (κ2) is 14.0. The van der Waals surface area contributed by atoms with Crippen LogP contribution < -0.4 is 9.64 Å². The van der Waals surface area contributed by atoms with Gasteiger partial charge in [0.05, 0.1) is 36.0 Å². The van der Waals surface area contributed by atoms with E-state index < -0.39 is 54.2 Å². The maximum Gasteiger partial charge on any atom is 0.311 e. The number of hydrogen-bond donors (Lipinski definition) is 0. The lowest BCUT2D eigenvalue weighted by molar-refractivity contribution is -0.235. The number of para-hydroxylation sites is 2. The minimum absolute atomic E-state index is 0.0192. The number of anilines is 1. The van der Waals surface area contributed by atoms with Crippen molar-refractivity contribution in [1.29, 1.82) is 0 Å². The van der Waals surface area contributed by atoms with Crippen LogP contribution in [0.3, 0.4) is 0 Å². The molecular weight excluding hydrogens is 682 g/mol. The van der Waals surface area contributed by atoms with Crippen LogP contribution in [0.2, 0.25) is 0 Å². The van der Waals surface area contributed by atoms with E-state index in [4.69, 9.17) is 38.1 Å². The molecule has 4 fully saturated rings. The van der Waals surface area contributed by atoms with Crippen LogP contribution in [0.4, 0.5) is 5.69 Å². The molecular formula is C40H43N3O10. The SMILES string of the molecule is CC1(C)OCC(C2OC3OC(C)(C)OC3C2OC(=O)CCC(=O)Oc2cccc(N3CCN(C(=O)c4c5ccccc5nc5ccccc45)CC3)c2)O1. The van der Waals surface area contributed by atoms with Crippen molar-refractivity contribution < 1.29 is 47.5 Å². The van der Waals surface area contributed by atoms with Crippen LogP contribution in [0.25, 0.3) is 21.8 Å². The Hall–Kier alpha value is -4.66. The molecule has 0 aliphatic carbocycles. The van der Waals surface area contributed by atoms with Crippen LogP contribution in [0.1, 0.15) is 50.9 Å². The number of esters is 2. The highest BCUT2D eigenvalue weighted by molar-refractivity contribution is 6.16. The molecule has 5 atom stereocenters. The highest BCUT2D eigenvalue weighted by Gasteiger charge is 2.60. The second-order valence-corrected chi connectivity index (χ2v) is 14.7. The van der Waals surface area contributed by atoms with Crippen molar-refractivity contribution in [3.63, 3.8) is 0 Å². The summed E-state index contributed by atoms with van der Waals surface area (Å²) in [5.41, 5.74) is 3.12. The van der Waals surface area contributed by atoms with Gasteiger partial charge >= 0.3 is 11.9 Å². The molecule has 4 aromatic rings. The van der Waals surface area contributed by atoms with Crippen LogP contribution in [0, 0.1) is 0 Å². The lowest BCUT2D eigenvalue weighted by Crippen LogP contribution is -2.48. The molecule has 1 amide bonds. The van der Waals surface area contributed by atoms with E-state index in [0.717, 1.165) is 27.5 Å². The Balaban J connectivity index is 0.860. The molecule has 4 aliphatic heterocycles. The molecule has 1 aromatic heterocycles. The quantitative estimate of drug-likeness (QED) is 0.138. The summed E-state index contributed by atoms with van der Waals surface area (Å²) in [6.07, 6.45) is -3.76. The third kappa shape index (κ3) is 7.32. The van der Waals surface area contributed by atoms with E-state index in [9.17, 15) is 14.4 Å². The minimum atomic E-state index is -0.911. The van der Waals surface area contributed by atoms with Crippen LogP contribution in [0.5, 0.6) is 5.75 Å². The van der Waals surface area contributed by atoms with Crippen molar-refractivity contribution in [2.24, 2.45) is 0 Å². The van der Waals surface area contributed by atoms with Crippen molar-refractivity contribution in [1.82, 2.24) is 9.88 Å². The zero-order valence-electron chi connectivity index (χ0n) is 30.2. The Bertz CT molecular complexity index is 1990. The molecule has 13 nitrogen and oxygen atoms in total. The normalized spacial score (nSPS) is 26.2. The maximum absolute atomic E-state index is 14.0. The Labute approximate surface area is 307 Å². The molecule has 0 bridgehead atoms. The Kier molecular flexibility index (Phi) is 9.32. The maximum atomic E-state index is 14.0. The first-order valence-electron chi connectivity index (χ1n) is 18.1. The molecule has 278 valence electrons. The van der Waals surface area contributed by atoms with Gasteiger partial charge in [-0.1, -0.05) is 42.5 Å². The Morgan fingerprint density at radius 3 is 2.13 bits per heavy atom. The fourth-order valence-corrected chi connectivity index (χ4v) is 7.55. The topological polar surface area (TPSA) is 135 Å². The van der Waals surface area contributed by atoms with Crippen LogP contribution in [0.15, 0.2) is 72.8 Å². The van der Waals surface area contributed by atoms with Crippen LogP contribution in [-0.4, -0.2) is 103 Å². The first-order valence-corrected chi connectivity index (χ1v) is 18.1. The number of pyridine rings is 1. The number of ether oxygens (including phenoxy) is 7. The first-order chi connectivity index (χ1) is 25.4. The van der Waals surface area contributed by atoms with E-state index in [1.54, 1.807) is 39.8 Å². The third-order valence-corrected chi connectivity index (χ3v) is 10.0. The van der Waals surface area contributed by atoms with E-state index >= 15 is 0 Å². The van der Waals surface area contributed by atoms with Gasteiger partial charge in [0.1, 0.15) is 18.0 Å². The number of benzene rings is 3. The third-order valence-electron chi connectivity index (χ3n) is 10.0. The number of nitrogens with zero attached hydrogens (tertiary/aromatic N) is 3. The monoisotopic (exact) mass is 725 g/mol. The van der Waals surface area contributed by atoms with E-state index in [2.05, 4.69) is 4.90 Å². The van der Waals surface area contributed by atoms with Gasteiger partial charge in [0.25, 0.3) is 5.91 Å². The number of carbonyl (C=O) groups excluding carboxylic acids is 3. The molecule has 5 unspecified atom stereocenters. The number of rotatable bonds is 8. The van der Waals surface area contributed by atoms with Crippen molar-refractivity contribution in [3.05, 3.63) is 78.4 Å². The van der Waals surface area contributed by atoms with E-state index in [1.165, 1.54) is 0 Å². The van der Waals surface area contributed by atoms with E-state index in [-0.39, 0.29) is 25.4 Å². The zero-order valence-corrected chi connectivity index (χ0v) is 30.2. The van der Waals surface area contributed by atoms with E-state index in [0.29, 0.717) is 37.5 Å². The first kappa shape index (κ1) is 35.4. The second-order valence-electron chi connectivity index (χ2n) is 14.7. The highest BCUT2D eigenvalue weighted by Crippen LogP contribution is 2.42. The van der Waals surface area contributed by atoms with Crippen LogP contribution in [-0.2, 0) is 38.0 Å². The number of hydrogen-bond acceptors (Lipinski definition) is 12. The molecule has 8 rings (SSSR count). The molecule has 5 heterocycles. The van der Waals surface area contributed by atoms with Gasteiger partial charge < -0.3 is 43.0 Å². The minimum Gasteiger partial charge on any atom is -0.456 e. The number of carbonyl (C=O) groups is 3. The number of fused-ring (bicyclic) bond motifs is 3. The van der Waals surface area contributed by atoms with Gasteiger partial charge in [0.15, 0.2) is 30.1 Å². The summed E-state index contributed by atoms with van der Waals surface area (Å²) >= 11 is 0. The zero-order chi connectivity index (χ0) is 36.9. The van der Waals surface area contributed by atoms with Gasteiger partial charge in [-0.05, 0) is 52.0 Å².